The molecule has 3 heteroatoms. The SMILES string of the molecule is O=C(CC1CCCCC1)Nc1cnc2ccccc2c1. The summed E-state index contributed by atoms with van der Waals surface area (Å²) in [6.45, 7) is 0. The van der Waals surface area contributed by atoms with Gasteiger partial charge >= 0.3 is 0 Å². The molecule has 2 aromatic rings. The molecule has 0 unspecified atom stereocenters. The van der Waals surface area contributed by atoms with Crippen LogP contribution in [0.2, 0.25) is 0 Å². The van der Waals surface area contributed by atoms with Crippen LogP contribution in [0.3, 0.4) is 0 Å². The molecule has 1 aromatic carbocycles. The van der Waals surface area contributed by atoms with Gasteiger partial charge in [0.25, 0.3) is 0 Å². The zero-order valence-electron chi connectivity index (χ0n) is 11.6. The number of rotatable bonds is 3. The molecule has 1 N–H and O–H groups in total. The predicted molar refractivity (Wildman–Crippen MR) is 81.6 cm³/mol. The van der Waals surface area contributed by atoms with Crippen molar-refractivity contribution in [3.05, 3.63) is 36.5 Å². The number of para-hydroxylation sites is 1. The second kappa shape index (κ2) is 6.04. The molecule has 0 spiro atoms. The molecular weight excluding hydrogens is 248 g/mol. The van der Waals surface area contributed by atoms with Crippen LogP contribution in [-0.4, -0.2) is 10.9 Å². The summed E-state index contributed by atoms with van der Waals surface area (Å²) in [5, 5.41) is 4.04. The maximum Gasteiger partial charge on any atom is 0.224 e. The molecule has 1 saturated carbocycles. The Balaban J connectivity index is 1.64. The number of carbonyl (C=O) groups is 1. The molecule has 0 radical (unpaired) electrons. The van der Waals surface area contributed by atoms with E-state index in [-0.39, 0.29) is 5.91 Å². The lowest BCUT2D eigenvalue weighted by atomic mass is 9.87. The molecule has 1 aliphatic rings. The highest BCUT2D eigenvalue weighted by molar-refractivity contribution is 5.93. The van der Waals surface area contributed by atoms with E-state index in [1.54, 1.807) is 6.20 Å². The maximum atomic E-state index is 12.1. The summed E-state index contributed by atoms with van der Waals surface area (Å²) in [5.74, 6) is 0.686. The zero-order valence-corrected chi connectivity index (χ0v) is 11.6. The van der Waals surface area contributed by atoms with Crippen molar-refractivity contribution in [1.82, 2.24) is 4.98 Å². The smallest absolute Gasteiger partial charge is 0.224 e. The fourth-order valence-corrected chi connectivity index (χ4v) is 3.00. The zero-order chi connectivity index (χ0) is 13.8. The van der Waals surface area contributed by atoms with Crippen LogP contribution in [-0.2, 0) is 4.79 Å². The molecule has 1 aliphatic carbocycles. The molecule has 20 heavy (non-hydrogen) atoms. The first kappa shape index (κ1) is 13.1. The standard InChI is InChI=1S/C17H20N2O/c20-17(10-13-6-2-1-3-7-13)19-15-11-14-8-4-5-9-16(14)18-12-15/h4-5,8-9,11-13H,1-3,6-7,10H2,(H,19,20). The fraction of sp³-hybridized carbons (Fsp3) is 0.412. The molecule has 3 rings (SSSR count). The van der Waals surface area contributed by atoms with Crippen molar-refractivity contribution in [2.75, 3.05) is 5.32 Å². The number of nitrogens with one attached hydrogen (secondary N) is 1. The number of hydrogen-bond acceptors (Lipinski definition) is 2. The molecule has 0 bridgehead atoms. The number of benzene rings is 1. The van der Waals surface area contributed by atoms with E-state index in [0.717, 1.165) is 16.6 Å². The lowest BCUT2D eigenvalue weighted by Gasteiger charge is -2.20. The van der Waals surface area contributed by atoms with Crippen LogP contribution in [0.15, 0.2) is 36.5 Å². The van der Waals surface area contributed by atoms with Gasteiger partial charge in [-0.2, -0.15) is 0 Å². The molecule has 1 fully saturated rings. The van der Waals surface area contributed by atoms with Crippen molar-refractivity contribution in [2.24, 2.45) is 5.92 Å². The van der Waals surface area contributed by atoms with Crippen LogP contribution in [0.1, 0.15) is 38.5 Å². The quantitative estimate of drug-likeness (QED) is 0.908. The van der Waals surface area contributed by atoms with Gasteiger partial charge in [0, 0.05) is 11.8 Å². The Bertz CT molecular complexity index is 603. The van der Waals surface area contributed by atoms with Crippen molar-refractivity contribution < 1.29 is 4.79 Å². The summed E-state index contributed by atoms with van der Waals surface area (Å²) in [5.41, 5.74) is 1.75. The average molecular weight is 268 g/mol. The molecule has 0 atom stereocenters. The predicted octanol–water partition coefficient (Wildman–Crippen LogP) is 4.14. The van der Waals surface area contributed by atoms with Crippen LogP contribution in [0.4, 0.5) is 5.69 Å². The van der Waals surface area contributed by atoms with E-state index in [1.165, 1.54) is 32.1 Å². The first-order chi connectivity index (χ1) is 9.81. The minimum atomic E-state index is 0.119. The van der Waals surface area contributed by atoms with Crippen LogP contribution in [0.25, 0.3) is 10.9 Å². The summed E-state index contributed by atoms with van der Waals surface area (Å²) >= 11 is 0. The van der Waals surface area contributed by atoms with Crippen LogP contribution in [0.5, 0.6) is 0 Å². The molecule has 1 amide bonds. The molecule has 0 aliphatic heterocycles. The van der Waals surface area contributed by atoms with E-state index in [0.29, 0.717) is 12.3 Å². The highest BCUT2D eigenvalue weighted by Gasteiger charge is 2.17. The number of hydrogen-bond donors (Lipinski definition) is 1. The largest absolute Gasteiger partial charge is 0.325 e. The lowest BCUT2D eigenvalue weighted by Crippen LogP contribution is -2.18. The summed E-state index contributed by atoms with van der Waals surface area (Å²) in [6, 6.07) is 9.93. The second-order valence-corrected chi connectivity index (χ2v) is 5.67. The van der Waals surface area contributed by atoms with E-state index in [4.69, 9.17) is 0 Å². The number of fused-ring (bicyclic) bond motifs is 1. The Morgan fingerprint density at radius 3 is 2.85 bits per heavy atom. The Morgan fingerprint density at radius 2 is 2.00 bits per heavy atom. The maximum absolute atomic E-state index is 12.1. The van der Waals surface area contributed by atoms with E-state index in [1.807, 2.05) is 30.3 Å². The Hall–Kier alpha value is -1.90. The fourth-order valence-electron chi connectivity index (χ4n) is 3.00. The van der Waals surface area contributed by atoms with Crippen molar-refractivity contribution in [1.29, 1.82) is 0 Å². The monoisotopic (exact) mass is 268 g/mol. The van der Waals surface area contributed by atoms with Gasteiger partial charge in [-0.05, 0) is 30.9 Å². The Morgan fingerprint density at radius 1 is 1.20 bits per heavy atom. The lowest BCUT2D eigenvalue weighted by molar-refractivity contribution is -0.117. The van der Waals surface area contributed by atoms with Crippen molar-refractivity contribution in [3.8, 4) is 0 Å². The molecule has 1 heterocycles. The molecule has 104 valence electrons. The highest BCUT2D eigenvalue weighted by atomic mass is 16.1. The van der Waals surface area contributed by atoms with Gasteiger partial charge in [-0.15, -0.1) is 0 Å². The first-order valence-electron chi connectivity index (χ1n) is 7.46. The van der Waals surface area contributed by atoms with E-state index < -0.39 is 0 Å². The summed E-state index contributed by atoms with van der Waals surface area (Å²) < 4.78 is 0. The minimum absolute atomic E-state index is 0.119. The van der Waals surface area contributed by atoms with Crippen LogP contribution < -0.4 is 5.32 Å². The normalized spacial score (nSPS) is 16.2. The van der Waals surface area contributed by atoms with Gasteiger partial charge < -0.3 is 5.32 Å². The van der Waals surface area contributed by atoms with Gasteiger partial charge in [-0.25, -0.2) is 0 Å². The summed E-state index contributed by atoms with van der Waals surface area (Å²) in [4.78, 5) is 16.4. The van der Waals surface area contributed by atoms with Gasteiger partial charge in [0.05, 0.1) is 17.4 Å². The molecular formula is C17H20N2O. The van der Waals surface area contributed by atoms with E-state index in [2.05, 4.69) is 10.3 Å². The van der Waals surface area contributed by atoms with Crippen molar-refractivity contribution >= 4 is 22.5 Å². The number of pyridine rings is 1. The summed E-state index contributed by atoms with van der Waals surface area (Å²) in [6.07, 6.45) is 8.65. The summed E-state index contributed by atoms with van der Waals surface area (Å²) in [7, 11) is 0. The average Bonchev–Trinajstić information content (AvgIpc) is 2.48. The number of nitrogens with zero attached hydrogens (tertiary/aromatic N) is 1. The van der Waals surface area contributed by atoms with Gasteiger partial charge in [-0.3, -0.25) is 9.78 Å². The Kier molecular flexibility index (Phi) is 3.95. The highest BCUT2D eigenvalue weighted by Crippen LogP contribution is 2.26. The van der Waals surface area contributed by atoms with Crippen molar-refractivity contribution in [2.45, 2.75) is 38.5 Å². The number of amides is 1. The molecule has 0 saturated heterocycles. The van der Waals surface area contributed by atoms with E-state index >= 15 is 0 Å². The Labute approximate surface area is 119 Å². The van der Waals surface area contributed by atoms with Crippen molar-refractivity contribution in [3.63, 3.8) is 0 Å². The van der Waals surface area contributed by atoms with Gasteiger partial charge in [0.15, 0.2) is 0 Å². The van der Waals surface area contributed by atoms with E-state index in [9.17, 15) is 4.79 Å². The first-order valence-corrected chi connectivity index (χ1v) is 7.46. The third-order valence-corrected chi connectivity index (χ3v) is 4.07. The third-order valence-electron chi connectivity index (χ3n) is 4.07. The number of anilines is 1. The minimum Gasteiger partial charge on any atom is -0.325 e. The van der Waals surface area contributed by atoms with Crippen LogP contribution >= 0.6 is 0 Å². The number of aromatic nitrogens is 1. The third kappa shape index (κ3) is 3.16. The molecule has 3 nitrogen and oxygen atoms in total. The van der Waals surface area contributed by atoms with Gasteiger partial charge in [0.2, 0.25) is 5.91 Å². The topological polar surface area (TPSA) is 42.0 Å². The molecule has 1 aromatic heterocycles. The number of carbonyl (C=O) groups excluding carboxylic acids is 1. The van der Waals surface area contributed by atoms with Crippen LogP contribution in [0, 0.1) is 5.92 Å². The second-order valence-electron chi connectivity index (χ2n) is 5.67. The van der Waals surface area contributed by atoms with Gasteiger partial charge in [-0.1, -0.05) is 37.5 Å². The van der Waals surface area contributed by atoms with Gasteiger partial charge in [0.1, 0.15) is 0 Å².